The second-order valence-corrected chi connectivity index (χ2v) is 3.94. The quantitative estimate of drug-likeness (QED) is 0.589. The fraction of sp³-hybridized carbons (Fsp3) is 1.00. The smallest absolute Gasteiger partial charge is 0.221 e. The van der Waals surface area contributed by atoms with Crippen LogP contribution in [0.5, 0.6) is 0 Å². The van der Waals surface area contributed by atoms with Crippen LogP contribution in [0.3, 0.4) is 0 Å². The predicted octanol–water partition coefficient (Wildman–Crippen LogP) is 0.859. The molecule has 0 aromatic carbocycles. The summed E-state index contributed by atoms with van der Waals surface area (Å²) in [6, 6.07) is 0. The number of ether oxygens (including phenoxy) is 2. The van der Waals surface area contributed by atoms with Crippen molar-refractivity contribution in [3.8, 4) is 0 Å². The second kappa shape index (κ2) is 3.34. The molecule has 1 heterocycles. The van der Waals surface area contributed by atoms with E-state index < -0.39 is 3.79 Å². The number of alkyl halides is 1. The lowest BCUT2D eigenvalue weighted by Crippen LogP contribution is -2.25. The van der Waals surface area contributed by atoms with Gasteiger partial charge in [0.05, 0.1) is 12.7 Å². The zero-order valence-corrected chi connectivity index (χ0v) is 8.13. The highest BCUT2D eigenvalue weighted by Gasteiger charge is 2.36. The molecule has 1 aliphatic heterocycles. The summed E-state index contributed by atoms with van der Waals surface area (Å²) in [4.78, 5) is 0. The van der Waals surface area contributed by atoms with Gasteiger partial charge < -0.3 is 15.2 Å². The Morgan fingerprint density at radius 2 is 2.50 bits per heavy atom. The molecule has 2 N–H and O–H groups in total. The van der Waals surface area contributed by atoms with Gasteiger partial charge in [-0.05, 0) is 22.6 Å². The lowest BCUT2D eigenvalue weighted by atomic mass is 10.4. The fourth-order valence-corrected chi connectivity index (χ4v) is 1.38. The van der Waals surface area contributed by atoms with Crippen LogP contribution in [0.4, 0.5) is 0 Å². The molecule has 2 unspecified atom stereocenters. The molecule has 1 fully saturated rings. The average Bonchev–Trinajstić information content (AvgIpc) is 2.33. The molecule has 10 heavy (non-hydrogen) atoms. The van der Waals surface area contributed by atoms with Gasteiger partial charge >= 0.3 is 0 Å². The molecule has 0 aliphatic carbocycles. The minimum absolute atomic E-state index is 0.0943. The van der Waals surface area contributed by atoms with Crippen molar-refractivity contribution in [3.05, 3.63) is 0 Å². The van der Waals surface area contributed by atoms with Crippen molar-refractivity contribution in [2.45, 2.75) is 23.2 Å². The second-order valence-electron chi connectivity index (χ2n) is 2.30. The van der Waals surface area contributed by atoms with E-state index in [2.05, 4.69) is 22.6 Å². The summed E-state index contributed by atoms with van der Waals surface area (Å²) in [7, 11) is 0. The highest BCUT2D eigenvalue weighted by atomic mass is 127. The Morgan fingerprint density at radius 3 is 2.80 bits per heavy atom. The summed E-state index contributed by atoms with van der Waals surface area (Å²) in [6.45, 7) is 3.21. The van der Waals surface area contributed by atoms with Crippen molar-refractivity contribution >= 4 is 22.6 Å². The molecular formula is C6H12INO2. The van der Waals surface area contributed by atoms with E-state index in [1.165, 1.54) is 0 Å². The summed E-state index contributed by atoms with van der Waals surface area (Å²) in [5, 5.41) is 0. The van der Waals surface area contributed by atoms with Crippen molar-refractivity contribution in [1.29, 1.82) is 0 Å². The maximum atomic E-state index is 5.49. The number of hydrogen-bond donors (Lipinski definition) is 1. The van der Waals surface area contributed by atoms with E-state index in [-0.39, 0.29) is 6.10 Å². The van der Waals surface area contributed by atoms with Crippen LogP contribution in [-0.2, 0) is 9.47 Å². The van der Waals surface area contributed by atoms with Gasteiger partial charge in [0.1, 0.15) is 0 Å². The van der Waals surface area contributed by atoms with E-state index in [0.717, 1.165) is 6.42 Å². The Balaban J connectivity index is 2.41. The molecule has 1 rings (SSSR count). The van der Waals surface area contributed by atoms with Gasteiger partial charge in [0.25, 0.3) is 0 Å². The van der Waals surface area contributed by atoms with Crippen molar-refractivity contribution < 1.29 is 9.47 Å². The zero-order chi connectivity index (χ0) is 7.61. The highest BCUT2D eigenvalue weighted by molar-refractivity contribution is 14.1. The van der Waals surface area contributed by atoms with Crippen LogP contribution in [0.15, 0.2) is 0 Å². The van der Waals surface area contributed by atoms with Gasteiger partial charge in [-0.2, -0.15) is 0 Å². The van der Waals surface area contributed by atoms with Crippen molar-refractivity contribution in [2.24, 2.45) is 5.73 Å². The summed E-state index contributed by atoms with van der Waals surface area (Å²) in [6.07, 6.45) is 0.959. The topological polar surface area (TPSA) is 44.5 Å². The van der Waals surface area contributed by atoms with Crippen molar-refractivity contribution in [2.75, 3.05) is 13.2 Å². The molecule has 60 valence electrons. The maximum Gasteiger partial charge on any atom is 0.221 e. The van der Waals surface area contributed by atoms with E-state index in [4.69, 9.17) is 15.2 Å². The first-order valence-electron chi connectivity index (χ1n) is 3.41. The Morgan fingerprint density at radius 1 is 1.80 bits per heavy atom. The van der Waals surface area contributed by atoms with Gasteiger partial charge in [0.2, 0.25) is 3.79 Å². The van der Waals surface area contributed by atoms with E-state index >= 15 is 0 Å². The largest absolute Gasteiger partial charge is 0.339 e. The normalized spacial score (nSPS) is 40.5. The zero-order valence-electron chi connectivity index (χ0n) is 5.97. The first kappa shape index (κ1) is 8.70. The van der Waals surface area contributed by atoms with Gasteiger partial charge in [-0.25, -0.2) is 0 Å². The SMILES string of the molecule is CCC1(I)OCC(CN)O1. The Bertz CT molecular complexity index is 122. The number of hydrogen-bond acceptors (Lipinski definition) is 3. The van der Waals surface area contributed by atoms with Crippen molar-refractivity contribution in [1.82, 2.24) is 0 Å². The summed E-state index contributed by atoms with van der Waals surface area (Å²) >= 11 is 2.17. The monoisotopic (exact) mass is 257 g/mol. The van der Waals surface area contributed by atoms with E-state index in [9.17, 15) is 0 Å². The van der Waals surface area contributed by atoms with Crippen LogP contribution >= 0.6 is 22.6 Å². The van der Waals surface area contributed by atoms with E-state index in [1.54, 1.807) is 0 Å². The molecule has 0 amide bonds. The molecule has 1 aliphatic rings. The third-order valence-corrected chi connectivity index (χ3v) is 2.84. The average molecular weight is 257 g/mol. The van der Waals surface area contributed by atoms with Gasteiger partial charge in [-0.3, -0.25) is 0 Å². The summed E-state index contributed by atoms with van der Waals surface area (Å²) < 4.78 is 10.5. The van der Waals surface area contributed by atoms with Crippen LogP contribution in [0.2, 0.25) is 0 Å². The molecule has 0 bridgehead atoms. The molecular weight excluding hydrogens is 245 g/mol. The first-order valence-corrected chi connectivity index (χ1v) is 4.49. The lowest BCUT2D eigenvalue weighted by molar-refractivity contribution is -0.0739. The maximum absolute atomic E-state index is 5.49. The Hall–Kier alpha value is 0.610. The Labute approximate surface area is 74.4 Å². The molecule has 0 saturated carbocycles. The summed E-state index contributed by atoms with van der Waals surface area (Å²) in [5.41, 5.74) is 5.40. The minimum Gasteiger partial charge on any atom is -0.339 e. The van der Waals surface area contributed by atoms with Crippen LogP contribution in [0, 0.1) is 0 Å². The lowest BCUT2D eigenvalue weighted by Gasteiger charge is -2.18. The van der Waals surface area contributed by atoms with Crippen LogP contribution < -0.4 is 5.73 Å². The number of nitrogens with two attached hydrogens (primary N) is 1. The van der Waals surface area contributed by atoms with Gasteiger partial charge in [-0.1, -0.05) is 6.92 Å². The van der Waals surface area contributed by atoms with Crippen LogP contribution in [-0.4, -0.2) is 23.0 Å². The molecule has 1 saturated heterocycles. The fourth-order valence-electron chi connectivity index (χ4n) is 0.836. The van der Waals surface area contributed by atoms with E-state index in [0.29, 0.717) is 13.2 Å². The van der Waals surface area contributed by atoms with Gasteiger partial charge in [0.15, 0.2) is 0 Å². The molecule has 0 aromatic heterocycles. The predicted molar refractivity (Wildman–Crippen MR) is 46.9 cm³/mol. The number of halogens is 1. The molecule has 0 spiro atoms. The summed E-state index contributed by atoms with van der Waals surface area (Å²) in [5.74, 6) is 0. The highest BCUT2D eigenvalue weighted by Crippen LogP contribution is 2.32. The minimum atomic E-state index is -0.401. The van der Waals surface area contributed by atoms with Gasteiger partial charge in [0, 0.05) is 13.0 Å². The molecule has 2 atom stereocenters. The first-order chi connectivity index (χ1) is 4.70. The third kappa shape index (κ3) is 1.81. The molecule has 4 heteroatoms. The van der Waals surface area contributed by atoms with Crippen LogP contribution in [0.25, 0.3) is 0 Å². The number of rotatable bonds is 2. The molecule has 0 radical (unpaired) electrons. The molecule has 3 nitrogen and oxygen atoms in total. The molecule has 0 aromatic rings. The third-order valence-electron chi connectivity index (χ3n) is 1.51. The Kier molecular flexibility index (Phi) is 2.91. The standard InChI is InChI=1S/C6H12INO2/c1-2-6(7)9-4-5(3-8)10-6/h5H,2-4,8H2,1H3. The van der Waals surface area contributed by atoms with Crippen LogP contribution in [0.1, 0.15) is 13.3 Å². The van der Waals surface area contributed by atoms with Gasteiger partial charge in [-0.15, -0.1) is 0 Å². The van der Waals surface area contributed by atoms with Crippen molar-refractivity contribution in [3.63, 3.8) is 0 Å². The van der Waals surface area contributed by atoms with E-state index in [1.807, 2.05) is 6.92 Å².